The molecule has 0 aliphatic heterocycles. The van der Waals surface area contributed by atoms with Crippen LogP contribution < -0.4 is 11.3 Å². The molecule has 0 fully saturated rings. The lowest BCUT2D eigenvalue weighted by molar-refractivity contribution is 0.0948. The zero-order chi connectivity index (χ0) is 13.5. The van der Waals surface area contributed by atoms with Gasteiger partial charge in [-0.2, -0.15) is 0 Å². The molecule has 0 spiro atoms. The lowest BCUT2D eigenvalue weighted by atomic mass is 10.1. The van der Waals surface area contributed by atoms with E-state index >= 15 is 0 Å². The minimum Gasteiger partial charge on any atom is -0.298 e. The predicted molar refractivity (Wildman–Crippen MR) is 71.7 cm³/mol. The van der Waals surface area contributed by atoms with Crippen molar-refractivity contribution in [1.29, 1.82) is 0 Å². The van der Waals surface area contributed by atoms with E-state index < -0.39 is 0 Å². The van der Waals surface area contributed by atoms with Crippen LogP contribution in [-0.4, -0.2) is 28.9 Å². The molecule has 5 heteroatoms. The van der Waals surface area contributed by atoms with Gasteiger partial charge in [-0.1, -0.05) is 19.4 Å². The third-order valence-corrected chi connectivity index (χ3v) is 3.04. The summed E-state index contributed by atoms with van der Waals surface area (Å²) in [5.41, 5.74) is 3.32. The maximum absolute atomic E-state index is 11.4. The molecule has 18 heavy (non-hydrogen) atoms. The minimum absolute atomic E-state index is 0.353. The first kappa shape index (κ1) is 14.6. The Morgan fingerprint density at radius 1 is 1.56 bits per heavy atom. The third-order valence-electron chi connectivity index (χ3n) is 3.04. The van der Waals surface area contributed by atoms with Gasteiger partial charge >= 0.3 is 0 Å². The molecule has 1 heterocycles. The number of nitrogen functional groups attached to an aromatic ring is 1. The summed E-state index contributed by atoms with van der Waals surface area (Å²) in [6.07, 6.45) is 2.31. The van der Waals surface area contributed by atoms with Crippen LogP contribution in [0.1, 0.15) is 42.9 Å². The number of nitrogens with zero attached hydrogens (tertiary/aromatic N) is 2. The first-order chi connectivity index (χ1) is 8.58. The normalized spacial score (nSPS) is 12.5. The second-order valence-electron chi connectivity index (χ2n) is 4.54. The highest BCUT2D eigenvalue weighted by atomic mass is 16.2. The summed E-state index contributed by atoms with van der Waals surface area (Å²) in [6.45, 7) is 5.10. The summed E-state index contributed by atoms with van der Waals surface area (Å²) in [7, 11) is 2.07. The maximum atomic E-state index is 11.4. The van der Waals surface area contributed by atoms with Gasteiger partial charge in [-0.05, 0) is 32.5 Å². The Morgan fingerprint density at radius 2 is 2.28 bits per heavy atom. The number of carbonyl (C=O) groups is 1. The summed E-state index contributed by atoms with van der Waals surface area (Å²) >= 11 is 0. The van der Waals surface area contributed by atoms with Gasteiger partial charge < -0.3 is 0 Å². The van der Waals surface area contributed by atoms with Crippen molar-refractivity contribution in [2.45, 2.75) is 39.3 Å². The van der Waals surface area contributed by atoms with Crippen molar-refractivity contribution in [2.75, 3.05) is 7.05 Å². The Balaban J connectivity index is 2.70. The van der Waals surface area contributed by atoms with Crippen molar-refractivity contribution in [2.24, 2.45) is 5.84 Å². The molecule has 0 aliphatic carbocycles. The van der Waals surface area contributed by atoms with Crippen molar-refractivity contribution in [3.8, 4) is 0 Å². The Bertz CT molecular complexity index is 394. The van der Waals surface area contributed by atoms with Gasteiger partial charge in [0.1, 0.15) is 5.69 Å². The quantitative estimate of drug-likeness (QED) is 0.453. The number of nitrogens with two attached hydrogens (primary N) is 1. The standard InChI is InChI=1S/C13H22N4O/c1-4-6-10(2)17(3)9-11-7-5-8-12(15-11)13(18)16-14/h5,7-8,10H,4,6,9,14H2,1-3H3,(H,16,18). The zero-order valence-corrected chi connectivity index (χ0v) is 11.3. The zero-order valence-electron chi connectivity index (χ0n) is 11.3. The predicted octanol–water partition coefficient (Wildman–Crippen LogP) is 1.31. The Kier molecular flexibility index (Phi) is 5.74. The molecule has 100 valence electrons. The van der Waals surface area contributed by atoms with Gasteiger partial charge in [0.15, 0.2) is 0 Å². The molecule has 0 aromatic carbocycles. The van der Waals surface area contributed by atoms with E-state index in [9.17, 15) is 4.79 Å². The fraction of sp³-hybridized carbons (Fsp3) is 0.538. The number of nitrogens with one attached hydrogen (secondary N) is 1. The average molecular weight is 250 g/mol. The Morgan fingerprint density at radius 3 is 2.89 bits per heavy atom. The lowest BCUT2D eigenvalue weighted by Gasteiger charge is -2.23. The summed E-state index contributed by atoms with van der Waals surface area (Å²) in [5.74, 6) is 4.73. The first-order valence-electron chi connectivity index (χ1n) is 6.25. The topological polar surface area (TPSA) is 71.2 Å². The van der Waals surface area contributed by atoms with Crippen molar-refractivity contribution in [1.82, 2.24) is 15.3 Å². The average Bonchev–Trinajstić information content (AvgIpc) is 2.38. The number of pyridine rings is 1. The number of carbonyl (C=O) groups excluding carboxylic acids is 1. The molecule has 0 bridgehead atoms. The highest BCUT2D eigenvalue weighted by molar-refractivity contribution is 5.91. The van der Waals surface area contributed by atoms with Crippen molar-refractivity contribution >= 4 is 5.91 Å². The Labute approximate surface area is 108 Å². The maximum Gasteiger partial charge on any atom is 0.283 e. The van der Waals surface area contributed by atoms with Gasteiger partial charge in [-0.3, -0.25) is 15.1 Å². The monoisotopic (exact) mass is 250 g/mol. The first-order valence-corrected chi connectivity index (χ1v) is 6.25. The molecule has 0 saturated carbocycles. The van der Waals surface area contributed by atoms with Crippen molar-refractivity contribution in [3.63, 3.8) is 0 Å². The van der Waals surface area contributed by atoms with E-state index in [1.54, 1.807) is 6.07 Å². The van der Waals surface area contributed by atoms with E-state index in [1.165, 1.54) is 0 Å². The molecule has 0 aliphatic rings. The molecule has 1 aromatic heterocycles. The van der Waals surface area contributed by atoms with Crippen molar-refractivity contribution < 1.29 is 4.79 Å². The summed E-state index contributed by atoms with van der Waals surface area (Å²) in [4.78, 5) is 17.9. The highest BCUT2D eigenvalue weighted by Crippen LogP contribution is 2.09. The molecule has 1 atom stereocenters. The molecule has 3 N–H and O–H groups in total. The largest absolute Gasteiger partial charge is 0.298 e. The lowest BCUT2D eigenvalue weighted by Crippen LogP contribution is -2.32. The van der Waals surface area contributed by atoms with Gasteiger partial charge in [0.25, 0.3) is 5.91 Å². The van der Waals surface area contributed by atoms with Gasteiger partial charge in [-0.25, -0.2) is 10.8 Å². The molecule has 1 aromatic rings. The SMILES string of the molecule is CCCC(C)N(C)Cc1cccc(C(=O)NN)n1. The minimum atomic E-state index is -0.360. The molecular weight excluding hydrogens is 228 g/mol. The molecule has 1 amide bonds. The number of hydrogen-bond acceptors (Lipinski definition) is 4. The van der Waals surface area contributed by atoms with Crippen LogP contribution in [0.25, 0.3) is 0 Å². The number of amides is 1. The second kappa shape index (κ2) is 7.08. The fourth-order valence-electron chi connectivity index (χ4n) is 1.82. The molecule has 0 saturated heterocycles. The van der Waals surface area contributed by atoms with Crippen LogP contribution in [0.3, 0.4) is 0 Å². The van der Waals surface area contributed by atoms with Gasteiger partial charge in [0.05, 0.1) is 5.69 Å². The second-order valence-corrected chi connectivity index (χ2v) is 4.54. The number of hydrazine groups is 1. The van der Waals surface area contributed by atoms with Crippen molar-refractivity contribution in [3.05, 3.63) is 29.6 Å². The number of rotatable bonds is 6. The van der Waals surface area contributed by atoms with E-state index in [-0.39, 0.29) is 5.91 Å². The number of hydrogen-bond donors (Lipinski definition) is 2. The molecule has 5 nitrogen and oxygen atoms in total. The van der Waals surface area contributed by atoms with Crippen LogP contribution in [0, 0.1) is 0 Å². The van der Waals surface area contributed by atoms with Gasteiger partial charge in [-0.15, -0.1) is 0 Å². The van der Waals surface area contributed by atoms with Crippen LogP contribution in [0.4, 0.5) is 0 Å². The summed E-state index contributed by atoms with van der Waals surface area (Å²) < 4.78 is 0. The smallest absolute Gasteiger partial charge is 0.283 e. The number of aromatic nitrogens is 1. The Hall–Kier alpha value is -1.46. The third kappa shape index (κ3) is 4.09. The molecule has 1 rings (SSSR count). The summed E-state index contributed by atoms with van der Waals surface area (Å²) in [6, 6.07) is 5.90. The van der Waals surface area contributed by atoms with Crippen LogP contribution in [0.15, 0.2) is 18.2 Å². The van der Waals surface area contributed by atoms with E-state index in [0.717, 1.165) is 25.1 Å². The molecule has 1 unspecified atom stereocenters. The van der Waals surface area contributed by atoms with Crippen LogP contribution in [0.2, 0.25) is 0 Å². The van der Waals surface area contributed by atoms with Crippen LogP contribution in [-0.2, 0) is 6.54 Å². The van der Waals surface area contributed by atoms with Crippen LogP contribution in [0.5, 0.6) is 0 Å². The van der Waals surface area contributed by atoms with Gasteiger partial charge in [0.2, 0.25) is 0 Å². The fourth-order valence-corrected chi connectivity index (χ4v) is 1.82. The molecule has 0 radical (unpaired) electrons. The van der Waals surface area contributed by atoms with E-state index in [2.05, 4.69) is 36.2 Å². The van der Waals surface area contributed by atoms with Gasteiger partial charge in [0, 0.05) is 12.6 Å². The van der Waals surface area contributed by atoms with Crippen LogP contribution >= 0.6 is 0 Å². The molecular formula is C13H22N4O. The summed E-state index contributed by atoms with van der Waals surface area (Å²) in [5, 5.41) is 0. The van der Waals surface area contributed by atoms with E-state index in [0.29, 0.717) is 11.7 Å². The highest BCUT2D eigenvalue weighted by Gasteiger charge is 2.11. The van der Waals surface area contributed by atoms with E-state index in [4.69, 9.17) is 5.84 Å². The van der Waals surface area contributed by atoms with E-state index in [1.807, 2.05) is 12.1 Å².